The molecule has 0 atom stereocenters. The summed E-state index contributed by atoms with van der Waals surface area (Å²) in [6, 6.07) is 12.0. The number of benzene rings is 1. The molecule has 1 aromatic heterocycles. The Morgan fingerprint density at radius 1 is 1.21 bits per heavy atom. The second-order valence-electron chi connectivity index (χ2n) is 5.94. The molecule has 0 bridgehead atoms. The summed E-state index contributed by atoms with van der Waals surface area (Å²) in [5.74, 6) is 1.79. The second-order valence-corrected chi connectivity index (χ2v) is 6.35. The Balaban J connectivity index is 0.00000208. The number of halogens is 2. The van der Waals surface area contributed by atoms with Crippen LogP contribution in [0.3, 0.4) is 0 Å². The van der Waals surface area contributed by atoms with E-state index >= 15 is 0 Å². The highest BCUT2D eigenvalue weighted by molar-refractivity contribution is 14.0. The Bertz CT molecular complexity index is 669. The maximum atomic E-state index is 6.35. The van der Waals surface area contributed by atoms with Crippen LogP contribution in [-0.2, 0) is 11.8 Å². The first-order valence-electron chi connectivity index (χ1n) is 7.95. The molecule has 1 saturated carbocycles. The van der Waals surface area contributed by atoms with Crippen LogP contribution in [0, 0.1) is 0 Å². The monoisotopic (exact) mass is 459 g/mol. The topological polar surface area (TPSA) is 49.6 Å². The van der Waals surface area contributed by atoms with Gasteiger partial charge in [-0.25, -0.2) is 0 Å². The molecule has 1 fully saturated rings. The molecule has 1 heterocycles. The molecule has 0 spiro atoms. The van der Waals surface area contributed by atoms with Crippen molar-refractivity contribution in [3.8, 4) is 0 Å². The maximum Gasteiger partial charge on any atom is 0.191 e. The van der Waals surface area contributed by atoms with Gasteiger partial charge in [0.05, 0.1) is 6.26 Å². The molecular formula is C18H23ClIN3O. The third-order valence-corrected chi connectivity index (χ3v) is 4.69. The molecule has 1 aliphatic rings. The first kappa shape index (κ1) is 19.1. The Morgan fingerprint density at radius 2 is 2.00 bits per heavy atom. The van der Waals surface area contributed by atoms with Gasteiger partial charge in [-0.2, -0.15) is 0 Å². The van der Waals surface area contributed by atoms with Crippen LogP contribution in [0.15, 0.2) is 52.1 Å². The molecule has 1 aromatic carbocycles. The van der Waals surface area contributed by atoms with E-state index in [0.717, 1.165) is 49.1 Å². The fourth-order valence-corrected chi connectivity index (χ4v) is 3.15. The van der Waals surface area contributed by atoms with Gasteiger partial charge in [-0.15, -0.1) is 24.0 Å². The number of guanidine groups is 1. The van der Waals surface area contributed by atoms with Crippen molar-refractivity contribution in [1.29, 1.82) is 0 Å². The van der Waals surface area contributed by atoms with Crippen LogP contribution in [0.2, 0.25) is 5.02 Å². The smallest absolute Gasteiger partial charge is 0.191 e. The van der Waals surface area contributed by atoms with E-state index in [-0.39, 0.29) is 29.4 Å². The second kappa shape index (κ2) is 8.76. The summed E-state index contributed by atoms with van der Waals surface area (Å²) in [4.78, 5) is 4.28. The van der Waals surface area contributed by atoms with Crippen molar-refractivity contribution < 1.29 is 4.42 Å². The highest BCUT2D eigenvalue weighted by Gasteiger charge is 2.45. The fraction of sp³-hybridized carbons (Fsp3) is 0.389. The van der Waals surface area contributed by atoms with Crippen LogP contribution < -0.4 is 10.6 Å². The van der Waals surface area contributed by atoms with E-state index in [4.69, 9.17) is 16.0 Å². The lowest BCUT2D eigenvalue weighted by Crippen LogP contribution is -2.42. The van der Waals surface area contributed by atoms with Crippen molar-refractivity contribution in [3.05, 3.63) is 59.0 Å². The zero-order chi connectivity index (χ0) is 16.1. The zero-order valence-corrected chi connectivity index (χ0v) is 16.8. The minimum Gasteiger partial charge on any atom is -0.469 e. The van der Waals surface area contributed by atoms with Gasteiger partial charge in [0.15, 0.2) is 5.96 Å². The summed E-state index contributed by atoms with van der Waals surface area (Å²) in [7, 11) is 1.79. The normalized spacial score (nSPS) is 15.5. The molecule has 3 rings (SSSR count). The minimum atomic E-state index is 0. The lowest BCUT2D eigenvalue weighted by Gasteiger charge is -2.20. The first-order valence-corrected chi connectivity index (χ1v) is 8.33. The van der Waals surface area contributed by atoms with E-state index in [1.165, 1.54) is 5.56 Å². The minimum absolute atomic E-state index is 0. The number of nitrogens with one attached hydrogen (secondary N) is 2. The third-order valence-electron chi connectivity index (χ3n) is 4.36. The quantitative estimate of drug-likeness (QED) is 0.390. The Morgan fingerprint density at radius 3 is 2.62 bits per heavy atom. The molecule has 4 nitrogen and oxygen atoms in total. The molecule has 2 aromatic rings. The molecular weight excluding hydrogens is 437 g/mol. The first-order chi connectivity index (χ1) is 11.2. The molecule has 0 unspecified atom stereocenters. The van der Waals surface area contributed by atoms with Crippen molar-refractivity contribution in [2.45, 2.75) is 24.7 Å². The van der Waals surface area contributed by atoms with E-state index < -0.39 is 0 Å². The summed E-state index contributed by atoms with van der Waals surface area (Å²) in [5, 5.41) is 7.60. The average Bonchev–Trinajstić information content (AvgIpc) is 3.17. The Labute approximate surface area is 165 Å². The van der Waals surface area contributed by atoms with Gasteiger partial charge in [-0.1, -0.05) is 29.8 Å². The van der Waals surface area contributed by atoms with Crippen LogP contribution in [0.1, 0.15) is 24.2 Å². The van der Waals surface area contributed by atoms with E-state index in [1.54, 1.807) is 13.3 Å². The number of aliphatic imine (C=N–C) groups is 1. The summed E-state index contributed by atoms with van der Waals surface area (Å²) >= 11 is 6.35. The van der Waals surface area contributed by atoms with Gasteiger partial charge >= 0.3 is 0 Å². The van der Waals surface area contributed by atoms with Crippen molar-refractivity contribution in [3.63, 3.8) is 0 Å². The molecule has 0 aliphatic heterocycles. The lowest BCUT2D eigenvalue weighted by atomic mass is 9.96. The highest BCUT2D eigenvalue weighted by Crippen LogP contribution is 2.49. The van der Waals surface area contributed by atoms with Crippen molar-refractivity contribution in [1.82, 2.24) is 10.6 Å². The Hall–Kier alpha value is -1.21. The van der Waals surface area contributed by atoms with Crippen LogP contribution >= 0.6 is 35.6 Å². The van der Waals surface area contributed by atoms with Gasteiger partial charge < -0.3 is 15.1 Å². The predicted octanol–water partition coefficient (Wildman–Crippen LogP) is 3.99. The molecule has 2 N–H and O–H groups in total. The number of hydrogen-bond acceptors (Lipinski definition) is 2. The summed E-state index contributed by atoms with van der Waals surface area (Å²) < 4.78 is 5.33. The van der Waals surface area contributed by atoms with E-state index in [0.29, 0.717) is 0 Å². The van der Waals surface area contributed by atoms with Crippen molar-refractivity contribution in [2.75, 3.05) is 20.1 Å². The molecule has 130 valence electrons. The maximum absolute atomic E-state index is 6.35. The molecule has 1 aliphatic carbocycles. The number of rotatable bonds is 6. The van der Waals surface area contributed by atoms with E-state index in [2.05, 4.69) is 27.8 Å². The van der Waals surface area contributed by atoms with Crippen LogP contribution in [0.4, 0.5) is 0 Å². The van der Waals surface area contributed by atoms with Crippen LogP contribution in [-0.4, -0.2) is 26.1 Å². The van der Waals surface area contributed by atoms with E-state index in [1.807, 2.05) is 24.3 Å². The molecule has 24 heavy (non-hydrogen) atoms. The molecule has 0 amide bonds. The molecule has 0 radical (unpaired) electrons. The third kappa shape index (κ3) is 4.66. The van der Waals surface area contributed by atoms with Crippen molar-refractivity contribution >= 4 is 41.5 Å². The predicted molar refractivity (Wildman–Crippen MR) is 110 cm³/mol. The lowest BCUT2D eigenvalue weighted by molar-refractivity contribution is 0.506. The van der Waals surface area contributed by atoms with Gasteiger partial charge in [0.1, 0.15) is 5.76 Å². The van der Waals surface area contributed by atoms with Crippen LogP contribution in [0.5, 0.6) is 0 Å². The van der Waals surface area contributed by atoms with E-state index in [9.17, 15) is 0 Å². The zero-order valence-electron chi connectivity index (χ0n) is 13.7. The van der Waals surface area contributed by atoms with Gasteiger partial charge in [0.25, 0.3) is 0 Å². The van der Waals surface area contributed by atoms with Gasteiger partial charge in [-0.05, 0) is 36.6 Å². The largest absolute Gasteiger partial charge is 0.469 e. The number of furan rings is 1. The number of nitrogens with zero attached hydrogens (tertiary/aromatic N) is 1. The van der Waals surface area contributed by atoms with Crippen LogP contribution in [0.25, 0.3) is 0 Å². The fourth-order valence-electron chi connectivity index (χ4n) is 2.82. The van der Waals surface area contributed by atoms with Gasteiger partial charge in [0, 0.05) is 37.0 Å². The number of hydrogen-bond donors (Lipinski definition) is 2. The average molecular weight is 460 g/mol. The Kier molecular flexibility index (Phi) is 6.98. The summed E-state index contributed by atoms with van der Waals surface area (Å²) in [5.41, 5.74) is 1.39. The van der Waals surface area contributed by atoms with Gasteiger partial charge in [-0.3, -0.25) is 4.99 Å². The van der Waals surface area contributed by atoms with Gasteiger partial charge in [0.2, 0.25) is 0 Å². The van der Waals surface area contributed by atoms with Crippen molar-refractivity contribution in [2.24, 2.45) is 4.99 Å². The molecule has 0 saturated heterocycles. The molecule has 6 heteroatoms. The summed E-state index contributed by atoms with van der Waals surface area (Å²) in [6.07, 6.45) is 4.85. The SMILES string of the molecule is CN=C(NCCc1ccco1)NCC1(c2ccccc2Cl)CC1.I. The summed E-state index contributed by atoms with van der Waals surface area (Å²) in [6.45, 7) is 1.63. The standard InChI is InChI=1S/C18H22ClN3O.HI/c1-20-17(21-11-8-14-5-4-12-23-14)22-13-18(9-10-18)15-6-2-3-7-16(15)19;/h2-7,12H,8-11,13H2,1H3,(H2,20,21,22);1H. The highest BCUT2D eigenvalue weighted by atomic mass is 127.